The van der Waals surface area contributed by atoms with Crippen LogP contribution in [0.5, 0.6) is 0 Å². The molecule has 1 atom stereocenters. The standard InChI is InChI=1S/C16H19NO2/c1-11(15(18)19-16(2,3)4)13-9-12-7-5-6-8-14(12)17-10-13/h5-11H,1-4H3. The summed E-state index contributed by atoms with van der Waals surface area (Å²) in [5.74, 6) is -0.527. The Morgan fingerprint density at radius 3 is 2.63 bits per heavy atom. The van der Waals surface area contributed by atoms with Crippen LogP contribution in [0, 0.1) is 0 Å². The lowest BCUT2D eigenvalue weighted by atomic mass is 10.0. The van der Waals surface area contributed by atoms with E-state index in [9.17, 15) is 4.79 Å². The first-order valence-corrected chi connectivity index (χ1v) is 6.44. The van der Waals surface area contributed by atoms with E-state index in [0.717, 1.165) is 16.5 Å². The van der Waals surface area contributed by atoms with Crippen molar-refractivity contribution < 1.29 is 9.53 Å². The van der Waals surface area contributed by atoms with Crippen LogP contribution in [0.4, 0.5) is 0 Å². The fraction of sp³-hybridized carbons (Fsp3) is 0.375. The molecule has 0 fully saturated rings. The molecule has 0 bridgehead atoms. The smallest absolute Gasteiger partial charge is 0.313 e. The number of para-hydroxylation sites is 1. The molecule has 0 aliphatic carbocycles. The number of benzene rings is 1. The predicted octanol–water partition coefficient (Wildman–Crippen LogP) is 3.68. The Labute approximate surface area is 113 Å². The molecular formula is C16H19NO2. The lowest BCUT2D eigenvalue weighted by molar-refractivity contribution is -0.156. The summed E-state index contributed by atoms with van der Waals surface area (Å²) in [5.41, 5.74) is 1.35. The minimum Gasteiger partial charge on any atom is -0.460 e. The molecule has 0 aliphatic heterocycles. The Morgan fingerprint density at radius 2 is 1.95 bits per heavy atom. The highest BCUT2D eigenvalue weighted by Gasteiger charge is 2.23. The number of rotatable bonds is 2. The summed E-state index contributed by atoms with van der Waals surface area (Å²) in [6.45, 7) is 7.46. The van der Waals surface area contributed by atoms with Crippen LogP contribution in [0.15, 0.2) is 36.5 Å². The molecule has 2 rings (SSSR count). The van der Waals surface area contributed by atoms with Gasteiger partial charge in [-0.15, -0.1) is 0 Å². The molecule has 0 saturated heterocycles. The average Bonchev–Trinajstić information content (AvgIpc) is 2.35. The molecule has 2 aromatic rings. The zero-order chi connectivity index (χ0) is 14.0. The van der Waals surface area contributed by atoms with E-state index >= 15 is 0 Å². The van der Waals surface area contributed by atoms with E-state index in [0.29, 0.717) is 0 Å². The Kier molecular flexibility index (Phi) is 3.56. The minimum atomic E-state index is -0.463. The first-order valence-electron chi connectivity index (χ1n) is 6.44. The number of aromatic nitrogens is 1. The maximum Gasteiger partial charge on any atom is 0.313 e. The summed E-state index contributed by atoms with van der Waals surface area (Å²) in [7, 11) is 0. The van der Waals surface area contributed by atoms with Gasteiger partial charge < -0.3 is 4.74 Å². The van der Waals surface area contributed by atoms with E-state index in [1.165, 1.54) is 0 Å². The van der Waals surface area contributed by atoms with Gasteiger partial charge in [0.1, 0.15) is 5.60 Å². The molecule has 1 aromatic heterocycles. The molecule has 19 heavy (non-hydrogen) atoms. The third-order valence-electron chi connectivity index (χ3n) is 2.87. The number of hydrogen-bond donors (Lipinski definition) is 0. The first kappa shape index (κ1) is 13.5. The van der Waals surface area contributed by atoms with Gasteiger partial charge in [-0.25, -0.2) is 0 Å². The highest BCUT2D eigenvalue weighted by Crippen LogP contribution is 2.22. The molecule has 3 heteroatoms. The van der Waals surface area contributed by atoms with Gasteiger partial charge in [-0.1, -0.05) is 18.2 Å². The van der Waals surface area contributed by atoms with Gasteiger partial charge in [-0.05, 0) is 45.4 Å². The van der Waals surface area contributed by atoms with E-state index in [2.05, 4.69) is 4.98 Å². The van der Waals surface area contributed by atoms with Gasteiger partial charge in [-0.2, -0.15) is 0 Å². The number of nitrogens with zero attached hydrogens (tertiary/aromatic N) is 1. The number of pyridine rings is 1. The Balaban J connectivity index is 2.26. The summed E-state index contributed by atoms with van der Waals surface area (Å²) in [4.78, 5) is 16.4. The highest BCUT2D eigenvalue weighted by molar-refractivity contribution is 5.82. The van der Waals surface area contributed by atoms with Crippen molar-refractivity contribution in [3.63, 3.8) is 0 Å². The van der Waals surface area contributed by atoms with Crippen LogP contribution >= 0.6 is 0 Å². The molecule has 1 aromatic carbocycles. The summed E-state index contributed by atoms with van der Waals surface area (Å²) in [5, 5.41) is 1.04. The van der Waals surface area contributed by atoms with Crippen molar-refractivity contribution in [3.8, 4) is 0 Å². The van der Waals surface area contributed by atoms with Crippen LogP contribution in [0.25, 0.3) is 10.9 Å². The first-order chi connectivity index (χ1) is 8.87. The van der Waals surface area contributed by atoms with Crippen LogP contribution in [0.2, 0.25) is 0 Å². The number of fused-ring (bicyclic) bond motifs is 1. The van der Waals surface area contributed by atoms with Crippen LogP contribution in [0.3, 0.4) is 0 Å². The topological polar surface area (TPSA) is 39.2 Å². The van der Waals surface area contributed by atoms with Crippen molar-refractivity contribution in [2.24, 2.45) is 0 Å². The Bertz CT molecular complexity index is 599. The van der Waals surface area contributed by atoms with Crippen molar-refractivity contribution in [2.75, 3.05) is 0 Å². The number of hydrogen-bond acceptors (Lipinski definition) is 3. The molecule has 0 saturated carbocycles. The zero-order valence-corrected chi connectivity index (χ0v) is 11.8. The quantitative estimate of drug-likeness (QED) is 0.770. The van der Waals surface area contributed by atoms with Gasteiger partial charge >= 0.3 is 5.97 Å². The maximum absolute atomic E-state index is 12.0. The van der Waals surface area contributed by atoms with E-state index in [-0.39, 0.29) is 11.9 Å². The van der Waals surface area contributed by atoms with Crippen molar-refractivity contribution in [1.82, 2.24) is 4.98 Å². The van der Waals surface area contributed by atoms with Gasteiger partial charge in [0, 0.05) is 11.6 Å². The molecule has 0 spiro atoms. The van der Waals surface area contributed by atoms with Crippen molar-refractivity contribution in [3.05, 3.63) is 42.1 Å². The SMILES string of the molecule is CC(C(=O)OC(C)(C)C)c1cnc2ccccc2c1. The van der Waals surface area contributed by atoms with Crippen molar-refractivity contribution in [2.45, 2.75) is 39.2 Å². The maximum atomic E-state index is 12.0. The Hall–Kier alpha value is -1.90. The fourth-order valence-corrected chi connectivity index (χ4v) is 1.85. The van der Waals surface area contributed by atoms with Gasteiger partial charge in [0.05, 0.1) is 11.4 Å². The van der Waals surface area contributed by atoms with E-state index in [1.807, 2.05) is 58.0 Å². The van der Waals surface area contributed by atoms with Gasteiger partial charge in [0.15, 0.2) is 0 Å². The summed E-state index contributed by atoms with van der Waals surface area (Å²) >= 11 is 0. The van der Waals surface area contributed by atoms with Crippen molar-refractivity contribution >= 4 is 16.9 Å². The largest absolute Gasteiger partial charge is 0.460 e. The highest BCUT2D eigenvalue weighted by atomic mass is 16.6. The number of carbonyl (C=O) groups excluding carboxylic acids is 1. The van der Waals surface area contributed by atoms with Gasteiger partial charge in [-0.3, -0.25) is 9.78 Å². The predicted molar refractivity (Wildman–Crippen MR) is 76.0 cm³/mol. The molecule has 0 N–H and O–H groups in total. The molecular weight excluding hydrogens is 238 g/mol. The second-order valence-electron chi connectivity index (χ2n) is 5.72. The average molecular weight is 257 g/mol. The molecule has 1 heterocycles. The number of ether oxygens (including phenoxy) is 1. The van der Waals surface area contributed by atoms with Crippen LogP contribution in [-0.4, -0.2) is 16.6 Å². The minimum absolute atomic E-state index is 0.218. The van der Waals surface area contributed by atoms with Crippen LogP contribution in [0.1, 0.15) is 39.2 Å². The third-order valence-corrected chi connectivity index (χ3v) is 2.87. The Morgan fingerprint density at radius 1 is 1.26 bits per heavy atom. The van der Waals surface area contributed by atoms with Crippen LogP contribution in [-0.2, 0) is 9.53 Å². The lowest BCUT2D eigenvalue weighted by Gasteiger charge is -2.22. The summed E-state index contributed by atoms with van der Waals surface area (Å²) < 4.78 is 5.40. The van der Waals surface area contributed by atoms with Crippen LogP contribution < -0.4 is 0 Å². The molecule has 0 aliphatic rings. The summed E-state index contributed by atoms with van der Waals surface area (Å²) in [6, 6.07) is 9.86. The lowest BCUT2D eigenvalue weighted by Crippen LogP contribution is -2.26. The normalized spacial score (nSPS) is 13.3. The van der Waals surface area contributed by atoms with Gasteiger partial charge in [0.2, 0.25) is 0 Å². The molecule has 100 valence electrons. The van der Waals surface area contributed by atoms with Gasteiger partial charge in [0.25, 0.3) is 0 Å². The monoisotopic (exact) mass is 257 g/mol. The molecule has 0 radical (unpaired) electrons. The molecule has 0 amide bonds. The van der Waals surface area contributed by atoms with Crippen molar-refractivity contribution in [1.29, 1.82) is 0 Å². The molecule has 1 unspecified atom stereocenters. The molecule has 3 nitrogen and oxygen atoms in total. The van der Waals surface area contributed by atoms with E-state index in [1.54, 1.807) is 6.20 Å². The second kappa shape index (κ2) is 5.00. The summed E-state index contributed by atoms with van der Waals surface area (Å²) in [6.07, 6.45) is 1.75. The number of carbonyl (C=O) groups is 1. The van der Waals surface area contributed by atoms with E-state index in [4.69, 9.17) is 4.74 Å². The third kappa shape index (κ3) is 3.31. The second-order valence-corrected chi connectivity index (χ2v) is 5.72. The fourth-order valence-electron chi connectivity index (χ4n) is 1.85. The zero-order valence-electron chi connectivity index (χ0n) is 11.8. The number of esters is 1. The van der Waals surface area contributed by atoms with E-state index < -0.39 is 5.60 Å².